The fourth-order valence-corrected chi connectivity index (χ4v) is 3.04. The summed E-state index contributed by atoms with van der Waals surface area (Å²) in [6.45, 7) is 5.84. The van der Waals surface area contributed by atoms with Gasteiger partial charge in [0.25, 0.3) is 10.1 Å². The van der Waals surface area contributed by atoms with E-state index in [9.17, 15) is 8.42 Å². The van der Waals surface area contributed by atoms with Gasteiger partial charge in [0, 0.05) is 7.11 Å². The summed E-state index contributed by atoms with van der Waals surface area (Å²) >= 11 is 0. The number of aryl methyl sites for hydroxylation is 1. The molecule has 0 amide bonds. The van der Waals surface area contributed by atoms with Crippen LogP contribution in [0.3, 0.4) is 0 Å². The number of benzene rings is 1. The van der Waals surface area contributed by atoms with Crippen LogP contribution in [0.5, 0.6) is 0 Å². The fraction of sp³-hybridized carbons (Fsp3) is 0.500. The van der Waals surface area contributed by atoms with Crippen molar-refractivity contribution in [3.8, 4) is 0 Å². The molecule has 0 saturated carbocycles. The van der Waals surface area contributed by atoms with Crippen LogP contribution in [0.2, 0.25) is 0 Å². The quantitative estimate of drug-likeness (QED) is 0.377. The summed E-state index contributed by atoms with van der Waals surface area (Å²) < 4.78 is 34.8. The number of allylic oxidation sites excluding steroid dienone is 1. The Balaban J connectivity index is 2.67. The van der Waals surface area contributed by atoms with Gasteiger partial charge in [0.15, 0.2) is 0 Å². The lowest BCUT2D eigenvalue weighted by Crippen LogP contribution is -2.23. The molecule has 0 aromatic heterocycles. The Morgan fingerprint density at radius 2 is 1.90 bits per heavy atom. The average molecular weight is 312 g/mol. The largest absolute Gasteiger partial charge is 0.382 e. The zero-order chi connectivity index (χ0) is 15.7. The normalized spacial score (nSPS) is 13.0. The van der Waals surface area contributed by atoms with Gasteiger partial charge in [-0.05, 0) is 38.3 Å². The van der Waals surface area contributed by atoms with Gasteiger partial charge >= 0.3 is 0 Å². The van der Waals surface area contributed by atoms with Crippen molar-refractivity contribution >= 4 is 10.1 Å². The van der Waals surface area contributed by atoms with Crippen molar-refractivity contribution in [2.45, 2.75) is 43.6 Å². The van der Waals surface area contributed by atoms with Crippen molar-refractivity contribution in [3.05, 3.63) is 42.5 Å². The van der Waals surface area contributed by atoms with Gasteiger partial charge in [-0.3, -0.25) is 4.18 Å². The molecule has 118 valence electrons. The van der Waals surface area contributed by atoms with Crippen LogP contribution in [0.25, 0.3) is 0 Å². The molecule has 0 radical (unpaired) electrons. The maximum Gasteiger partial charge on any atom is 0.297 e. The molecule has 0 spiro atoms. The second-order valence-electron chi connectivity index (χ2n) is 5.01. The maximum atomic E-state index is 12.2. The van der Waals surface area contributed by atoms with Crippen molar-refractivity contribution in [2.75, 3.05) is 13.7 Å². The minimum atomic E-state index is -3.74. The predicted molar refractivity (Wildman–Crippen MR) is 83.8 cm³/mol. The van der Waals surface area contributed by atoms with Crippen LogP contribution in [0.15, 0.2) is 41.8 Å². The molecule has 0 aliphatic carbocycles. The van der Waals surface area contributed by atoms with E-state index in [1.807, 2.05) is 13.0 Å². The fourth-order valence-electron chi connectivity index (χ4n) is 1.95. The molecule has 1 rings (SSSR count). The Labute approximate surface area is 127 Å². The van der Waals surface area contributed by atoms with E-state index in [1.54, 1.807) is 31.4 Å². The molecule has 21 heavy (non-hydrogen) atoms. The van der Waals surface area contributed by atoms with Gasteiger partial charge in [0.05, 0.1) is 11.5 Å². The first kappa shape index (κ1) is 17.9. The lowest BCUT2D eigenvalue weighted by atomic mass is 10.1. The maximum absolute atomic E-state index is 12.2. The second kappa shape index (κ2) is 8.97. The minimum absolute atomic E-state index is 0.181. The number of unbranched alkanes of at least 4 members (excludes halogenated alkanes) is 2. The summed E-state index contributed by atoms with van der Waals surface area (Å²) in [6.07, 6.45) is 4.82. The molecule has 0 saturated heterocycles. The van der Waals surface area contributed by atoms with Gasteiger partial charge < -0.3 is 4.74 Å². The summed E-state index contributed by atoms with van der Waals surface area (Å²) in [5, 5.41) is 0. The van der Waals surface area contributed by atoms with E-state index in [-0.39, 0.29) is 11.5 Å². The van der Waals surface area contributed by atoms with Crippen LogP contribution >= 0.6 is 0 Å². The molecule has 0 aliphatic heterocycles. The van der Waals surface area contributed by atoms with E-state index >= 15 is 0 Å². The molecule has 0 heterocycles. The summed E-state index contributed by atoms with van der Waals surface area (Å²) in [5.41, 5.74) is 1.01. The van der Waals surface area contributed by atoms with E-state index in [1.165, 1.54) is 0 Å². The lowest BCUT2D eigenvalue weighted by Gasteiger charge is -2.16. The third-order valence-electron chi connectivity index (χ3n) is 3.11. The van der Waals surface area contributed by atoms with E-state index in [0.29, 0.717) is 6.42 Å². The summed E-state index contributed by atoms with van der Waals surface area (Å²) in [4.78, 5) is 0.181. The molecule has 0 N–H and O–H groups in total. The van der Waals surface area contributed by atoms with Gasteiger partial charge in [-0.15, -0.1) is 6.58 Å². The van der Waals surface area contributed by atoms with Crippen LogP contribution in [0, 0.1) is 6.92 Å². The monoisotopic (exact) mass is 312 g/mol. The van der Waals surface area contributed by atoms with E-state index in [4.69, 9.17) is 8.92 Å². The van der Waals surface area contributed by atoms with Gasteiger partial charge in [-0.2, -0.15) is 8.42 Å². The molecular weight excluding hydrogens is 288 g/mol. The second-order valence-corrected chi connectivity index (χ2v) is 6.59. The van der Waals surface area contributed by atoms with E-state index in [0.717, 1.165) is 24.8 Å². The van der Waals surface area contributed by atoms with Gasteiger partial charge in [0.2, 0.25) is 0 Å². The van der Waals surface area contributed by atoms with Gasteiger partial charge in [0.1, 0.15) is 6.10 Å². The highest BCUT2D eigenvalue weighted by Crippen LogP contribution is 2.18. The smallest absolute Gasteiger partial charge is 0.297 e. The van der Waals surface area contributed by atoms with Crippen molar-refractivity contribution in [2.24, 2.45) is 0 Å². The highest BCUT2D eigenvalue weighted by molar-refractivity contribution is 7.86. The molecule has 1 aromatic rings. The Bertz CT molecular complexity index is 520. The summed E-state index contributed by atoms with van der Waals surface area (Å²) in [5.74, 6) is 0. The predicted octanol–water partition coefficient (Wildman–Crippen LogP) is 3.46. The topological polar surface area (TPSA) is 52.6 Å². The first-order chi connectivity index (χ1) is 9.99. The Morgan fingerprint density at radius 1 is 1.24 bits per heavy atom. The van der Waals surface area contributed by atoms with E-state index in [2.05, 4.69) is 6.58 Å². The molecule has 5 heteroatoms. The highest BCUT2D eigenvalue weighted by atomic mass is 32.2. The van der Waals surface area contributed by atoms with Crippen molar-refractivity contribution in [1.29, 1.82) is 0 Å². The molecule has 0 bridgehead atoms. The Morgan fingerprint density at radius 3 is 2.48 bits per heavy atom. The average Bonchev–Trinajstić information content (AvgIpc) is 2.44. The SMILES string of the molecule is C=CCCCCC(COC)OS(=O)(=O)c1ccc(C)cc1. The van der Waals surface area contributed by atoms with Crippen LogP contribution in [-0.2, 0) is 19.0 Å². The van der Waals surface area contributed by atoms with Crippen LogP contribution in [0.4, 0.5) is 0 Å². The highest BCUT2D eigenvalue weighted by Gasteiger charge is 2.21. The van der Waals surface area contributed by atoms with Crippen LogP contribution in [0.1, 0.15) is 31.2 Å². The third kappa shape index (κ3) is 6.42. The van der Waals surface area contributed by atoms with Crippen molar-refractivity contribution in [1.82, 2.24) is 0 Å². The van der Waals surface area contributed by atoms with Gasteiger partial charge in [-0.25, -0.2) is 0 Å². The summed E-state index contributed by atoms with van der Waals surface area (Å²) in [6, 6.07) is 6.63. The zero-order valence-electron chi connectivity index (χ0n) is 12.7. The first-order valence-electron chi connectivity index (χ1n) is 7.09. The molecule has 4 nitrogen and oxygen atoms in total. The molecule has 1 unspecified atom stereocenters. The van der Waals surface area contributed by atoms with Crippen molar-refractivity contribution < 1.29 is 17.3 Å². The van der Waals surface area contributed by atoms with Gasteiger partial charge in [-0.1, -0.05) is 30.2 Å². The van der Waals surface area contributed by atoms with E-state index < -0.39 is 16.2 Å². The lowest BCUT2D eigenvalue weighted by molar-refractivity contribution is 0.0784. The number of hydrogen-bond acceptors (Lipinski definition) is 4. The molecule has 1 aromatic carbocycles. The molecule has 1 atom stereocenters. The minimum Gasteiger partial charge on any atom is -0.382 e. The Hall–Kier alpha value is -1.17. The molecule has 0 fully saturated rings. The number of ether oxygens (including phenoxy) is 1. The Kier molecular flexibility index (Phi) is 7.64. The standard InChI is InChI=1S/C16H24O4S/c1-4-5-6-7-8-15(13-19-3)20-21(17,18)16-11-9-14(2)10-12-16/h4,9-12,15H,1,5-8,13H2,2-3H3. The molecule has 0 aliphatic rings. The number of methoxy groups -OCH3 is 1. The zero-order valence-corrected chi connectivity index (χ0v) is 13.6. The third-order valence-corrected chi connectivity index (χ3v) is 4.48. The van der Waals surface area contributed by atoms with Crippen LogP contribution in [-0.4, -0.2) is 28.2 Å². The molecular formula is C16H24O4S. The number of rotatable bonds is 10. The summed E-state index contributed by atoms with van der Waals surface area (Å²) in [7, 11) is -2.20. The number of hydrogen-bond donors (Lipinski definition) is 0. The van der Waals surface area contributed by atoms with Crippen LogP contribution < -0.4 is 0 Å². The van der Waals surface area contributed by atoms with Crippen molar-refractivity contribution in [3.63, 3.8) is 0 Å². The first-order valence-corrected chi connectivity index (χ1v) is 8.50.